The second kappa shape index (κ2) is 8.07. The van der Waals surface area contributed by atoms with Gasteiger partial charge in [0.15, 0.2) is 5.52 Å². The molecule has 0 atom stereocenters. The number of fused-ring (bicyclic) bond motifs is 1. The third-order valence-corrected chi connectivity index (χ3v) is 6.09. The molecule has 0 fully saturated rings. The fourth-order valence-electron chi connectivity index (χ4n) is 2.95. The predicted octanol–water partition coefficient (Wildman–Crippen LogP) is 5.43. The summed E-state index contributed by atoms with van der Waals surface area (Å²) < 4.78 is 46.3. The lowest BCUT2D eigenvalue weighted by molar-refractivity contribution is -0.610. The van der Waals surface area contributed by atoms with Gasteiger partial charge in [-0.2, -0.15) is 24.9 Å². The van der Waals surface area contributed by atoms with Gasteiger partial charge in [-0.3, -0.25) is 0 Å². The number of aromatic amines is 1. The highest BCUT2D eigenvalue weighted by atomic mass is 35.5. The first-order valence-corrected chi connectivity index (χ1v) is 10.4. The first-order chi connectivity index (χ1) is 13.5. The fourth-order valence-corrected chi connectivity index (χ4v) is 4.32. The number of rotatable bonds is 6. The van der Waals surface area contributed by atoms with Crippen molar-refractivity contribution in [2.75, 3.05) is 12.9 Å². The van der Waals surface area contributed by atoms with Crippen molar-refractivity contribution in [1.82, 2.24) is 9.97 Å². The molecule has 0 aliphatic heterocycles. The molecule has 0 unspecified atom stereocenters. The lowest BCUT2D eigenvalue weighted by Gasteiger charge is -2.16. The molecule has 0 aliphatic rings. The van der Waals surface area contributed by atoms with Crippen LogP contribution in [0.3, 0.4) is 0 Å². The minimum atomic E-state index is -4.40. The molecule has 0 aliphatic carbocycles. The van der Waals surface area contributed by atoms with Crippen LogP contribution in [0.5, 0.6) is 5.75 Å². The molecule has 1 aromatic carbocycles. The number of nitrogens with one attached hydrogen (secondary N) is 1. The Morgan fingerprint density at radius 1 is 1.24 bits per heavy atom. The Morgan fingerprint density at radius 2 is 1.97 bits per heavy atom. The Labute approximate surface area is 176 Å². The van der Waals surface area contributed by atoms with Crippen LogP contribution in [0.15, 0.2) is 30.5 Å². The molecule has 2 aromatic heterocycles. The summed E-state index contributed by atoms with van der Waals surface area (Å²) in [5, 5.41) is 0. The van der Waals surface area contributed by atoms with Crippen LogP contribution < -0.4 is 9.30 Å². The zero-order chi connectivity index (χ0) is 21.4. The lowest BCUT2D eigenvalue weighted by Crippen LogP contribution is -2.37. The summed E-state index contributed by atoms with van der Waals surface area (Å²) in [7, 11) is 1.60. The Morgan fingerprint density at radius 3 is 2.59 bits per heavy atom. The van der Waals surface area contributed by atoms with E-state index in [9.17, 15) is 13.2 Å². The maximum Gasteiger partial charge on any atom is 0.416 e. The number of nitrogens with zero attached hydrogens (tertiary/aromatic N) is 2. The summed E-state index contributed by atoms with van der Waals surface area (Å²) in [6.45, 7) is 5.85. The van der Waals surface area contributed by atoms with Crippen molar-refractivity contribution in [2.45, 2.75) is 37.6 Å². The SMILES string of the molecule is COc1cc[n+](-c2nc3ccc(C(F)(F)F)cc3[nH]2)c(CSCC(C)(C)Cl)c1C. The van der Waals surface area contributed by atoms with E-state index >= 15 is 0 Å². The third-order valence-electron chi connectivity index (χ3n) is 4.40. The number of thioether (sulfide) groups is 1. The number of aromatic nitrogens is 3. The minimum absolute atomic E-state index is 0.330. The van der Waals surface area contributed by atoms with Crippen molar-refractivity contribution < 1.29 is 22.5 Å². The van der Waals surface area contributed by atoms with Gasteiger partial charge in [0.25, 0.3) is 0 Å². The molecule has 0 amide bonds. The van der Waals surface area contributed by atoms with E-state index in [1.807, 2.05) is 31.4 Å². The highest BCUT2D eigenvalue weighted by Crippen LogP contribution is 2.31. The quantitative estimate of drug-likeness (QED) is 0.407. The Bertz CT molecular complexity index is 1030. The number of halogens is 4. The van der Waals surface area contributed by atoms with E-state index in [2.05, 4.69) is 9.97 Å². The summed E-state index contributed by atoms with van der Waals surface area (Å²) in [4.78, 5) is 7.16. The molecule has 0 saturated heterocycles. The average molecular weight is 445 g/mol. The van der Waals surface area contributed by atoms with Gasteiger partial charge < -0.3 is 4.74 Å². The number of ether oxygens (including phenoxy) is 1. The molecule has 1 N–H and O–H groups in total. The van der Waals surface area contributed by atoms with Gasteiger partial charge in [-0.05, 0) is 39.0 Å². The van der Waals surface area contributed by atoms with Gasteiger partial charge >= 0.3 is 12.1 Å². The van der Waals surface area contributed by atoms with Crippen LogP contribution in [0, 0.1) is 6.92 Å². The zero-order valence-electron chi connectivity index (χ0n) is 16.5. The molecule has 4 nitrogen and oxygen atoms in total. The minimum Gasteiger partial charge on any atom is -0.496 e. The summed E-state index contributed by atoms with van der Waals surface area (Å²) in [6.07, 6.45) is -2.60. The number of hydrogen-bond donors (Lipinski definition) is 1. The first-order valence-electron chi connectivity index (χ1n) is 8.92. The highest BCUT2D eigenvalue weighted by Gasteiger charge is 2.32. The maximum atomic E-state index is 13.0. The van der Waals surface area contributed by atoms with Crippen LogP contribution in [-0.4, -0.2) is 27.7 Å². The number of alkyl halides is 4. The van der Waals surface area contributed by atoms with Gasteiger partial charge in [0.05, 0.1) is 18.9 Å². The number of hydrogen-bond acceptors (Lipinski definition) is 3. The maximum absolute atomic E-state index is 13.0. The predicted molar refractivity (Wildman–Crippen MR) is 110 cm³/mol. The monoisotopic (exact) mass is 444 g/mol. The standard InChI is InChI=1S/C20H22ClF3N3OS/c1-12-16(10-29-11-19(2,3)21)27(8-7-17(12)28-4)18-25-14-6-5-13(20(22,23)24)9-15(14)26-18/h5-9H,10-11H2,1-4H3,(H,25,26)/q+1. The molecule has 156 valence electrons. The molecule has 0 spiro atoms. The topological polar surface area (TPSA) is 41.8 Å². The van der Waals surface area contributed by atoms with Crippen LogP contribution in [0.2, 0.25) is 0 Å². The third kappa shape index (κ3) is 4.98. The molecule has 3 rings (SSSR count). The molecule has 29 heavy (non-hydrogen) atoms. The highest BCUT2D eigenvalue weighted by molar-refractivity contribution is 7.98. The van der Waals surface area contributed by atoms with Crippen molar-refractivity contribution in [2.24, 2.45) is 0 Å². The van der Waals surface area contributed by atoms with Gasteiger partial charge in [-0.15, -0.1) is 11.6 Å². The second-order valence-corrected chi connectivity index (χ2v) is 9.34. The summed E-state index contributed by atoms with van der Waals surface area (Å²) in [5.74, 6) is 2.56. The molecular formula is C20H22ClF3N3OS+. The Kier molecular flexibility index (Phi) is 6.06. The van der Waals surface area contributed by atoms with Crippen molar-refractivity contribution >= 4 is 34.4 Å². The molecule has 0 saturated carbocycles. The van der Waals surface area contributed by atoms with E-state index in [0.717, 1.165) is 34.9 Å². The lowest BCUT2D eigenvalue weighted by atomic mass is 10.2. The van der Waals surface area contributed by atoms with E-state index in [0.29, 0.717) is 22.7 Å². The van der Waals surface area contributed by atoms with E-state index < -0.39 is 11.7 Å². The molecule has 3 aromatic rings. The van der Waals surface area contributed by atoms with Crippen molar-refractivity contribution in [3.63, 3.8) is 0 Å². The zero-order valence-corrected chi connectivity index (χ0v) is 18.1. The van der Waals surface area contributed by atoms with Gasteiger partial charge in [-0.25, -0.2) is 9.55 Å². The number of H-pyrrole nitrogens is 1. The average Bonchev–Trinajstić information content (AvgIpc) is 3.04. The number of methoxy groups -OCH3 is 1. The first kappa shape index (κ1) is 21.8. The van der Waals surface area contributed by atoms with Gasteiger partial charge in [0.2, 0.25) is 0 Å². The van der Waals surface area contributed by atoms with Crippen LogP contribution in [0.1, 0.15) is 30.7 Å². The van der Waals surface area contributed by atoms with Gasteiger partial charge in [0.1, 0.15) is 17.0 Å². The Balaban J connectivity index is 2.04. The number of imidazole rings is 1. The molecule has 9 heteroatoms. The van der Waals surface area contributed by atoms with Crippen molar-refractivity contribution in [3.8, 4) is 11.7 Å². The summed E-state index contributed by atoms with van der Waals surface area (Å²) in [5.41, 5.74) is 1.96. The molecule has 2 heterocycles. The van der Waals surface area contributed by atoms with Crippen LogP contribution in [0.4, 0.5) is 13.2 Å². The van der Waals surface area contributed by atoms with Crippen molar-refractivity contribution in [3.05, 3.63) is 47.3 Å². The molecule has 0 radical (unpaired) electrons. The smallest absolute Gasteiger partial charge is 0.416 e. The molecule has 0 bridgehead atoms. The number of benzene rings is 1. The normalized spacial score (nSPS) is 12.6. The van der Waals surface area contributed by atoms with E-state index in [-0.39, 0.29) is 4.87 Å². The number of pyridine rings is 1. The van der Waals surface area contributed by atoms with Gasteiger partial charge in [0, 0.05) is 28.0 Å². The van der Waals surface area contributed by atoms with E-state index in [4.69, 9.17) is 16.3 Å². The van der Waals surface area contributed by atoms with E-state index in [1.54, 1.807) is 25.1 Å². The van der Waals surface area contributed by atoms with Crippen molar-refractivity contribution in [1.29, 1.82) is 0 Å². The van der Waals surface area contributed by atoms with Crippen LogP contribution in [-0.2, 0) is 11.9 Å². The Hall–Kier alpha value is -1.93. The second-order valence-electron chi connectivity index (χ2n) is 7.33. The largest absolute Gasteiger partial charge is 0.496 e. The summed E-state index contributed by atoms with van der Waals surface area (Å²) >= 11 is 7.97. The summed E-state index contributed by atoms with van der Waals surface area (Å²) in [6, 6.07) is 5.30. The van der Waals surface area contributed by atoms with Crippen LogP contribution in [0.25, 0.3) is 17.0 Å². The molecular weight excluding hydrogens is 423 g/mol. The van der Waals surface area contributed by atoms with Crippen LogP contribution >= 0.6 is 23.4 Å². The van der Waals surface area contributed by atoms with Gasteiger partial charge in [-0.1, -0.05) is 4.98 Å². The fraction of sp³-hybridized carbons (Fsp3) is 0.400. The van der Waals surface area contributed by atoms with E-state index in [1.165, 1.54) is 6.07 Å².